The molecule has 190 valence electrons. The van der Waals surface area contributed by atoms with Crippen molar-refractivity contribution in [2.24, 2.45) is 0 Å². The summed E-state index contributed by atoms with van der Waals surface area (Å²) in [6.45, 7) is 9.20. The molecule has 0 amide bonds. The van der Waals surface area contributed by atoms with Gasteiger partial charge >= 0.3 is 0 Å². The van der Waals surface area contributed by atoms with E-state index in [1.807, 2.05) is 0 Å². The highest BCUT2D eigenvalue weighted by Crippen LogP contribution is 2.40. The van der Waals surface area contributed by atoms with Crippen LogP contribution < -0.4 is 15.4 Å². The highest BCUT2D eigenvalue weighted by molar-refractivity contribution is 5.64. The molecular formula is C24H29F2N9O. The molecule has 2 N–H and O–H groups in total. The number of fused-ring (bicyclic) bond motifs is 4. The van der Waals surface area contributed by atoms with Crippen LogP contribution in [0.25, 0.3) is 5.69 Å². The van der Waals surface area contributed by atoms with E-state index in [1.54, 1.807) is 13.8 Å². The van der Waals surface area contributed by atoms with Gasteiger partial charge in [-0.15, -0.1) is 5.10 Å². The quantitative estimate of drug-likeness (QED) is 0.555. The van der Waals surface area contributed by atoms with E-state index in [-0.39, 0.29) is 29.0 Å². The summed E-state index contributed by atoms with van der Waals surface area (Å²) in [6, 6.07) is 3.36. The summed E-state index contributed by atoms with van der Waals surface area (Å²) in [5.41, 5.74) is -0.220. The van der Waals surface area contributed by atoms with Crippen molar-refractivity contribution in [1.29, 1.82) is 0 Å². The predicted octanol–water partition coefficient (Wildman–Crippen LogP) is 3.92. The molecule has 10 nitrogen and oxygen atoms in total. The number of tetrazole rings is 1. The van der Waals surface area contributed by atoms with Gasteiger partial charge in [0.1, 0.15) is 11.4 Å². The number of hydrogen-bond donors (Lipinski definition) is 2. The van der Waals surface area contributed by atoms with Crippen LogP contribution in [0.1, 0.15) is 59.2 Å². The number of benzene rings is 1. The van der Waals surface area contributed by atoms with Crippen molar-refractivity contribution in [3.05, 3.63) is 35.8 Å². The van der Waals surface area contributed by atoms with Crippen molar-refractivity contribution < 1.29 is 13.5 Å². The fourth-order valence-electron chi connectivity index (χ4n) is 5.89. The van der Waals surface area contributed by atoms with E-state index in [0.29, 0.717) is 23.3 Å². The fraction of sp³-hybridized carbons (Fsp3) is 0.542. The molecular weight excluding hydrogens is 468 g/mol. The zero-order valence-electron chi connectivity index (χ0n) is 20.7. The molecule has 2 fully saturated rings. The second-order valence-electron chi connectivity index (χ2n) is 10.9. The topological polar surface area (TPSA) is 106 Å². The molecule has 0 bridgehead atoms. The Labute approximate surface area is 207 Å². The van der Waals surface area contributed by atoms with Crippen LogP contribution in [0.5, 0.6) is 5.75 Å². The lowest BCUT2D eigenvalue weighted by Gasteiger charge is -2.47. The number of nitrogens with one attached hydrogen (secondary N) is 2. The van der Waals surface area contributed by atoms with Crippen molar-refractivity contribution in [3.8, 4) is 11.4 Å². The second kappa shape index (κ2) is 8.05. The Morgan fingerprint density at radius 3 is 2.81 bits per heavy atom. The van der Waals surface area contributed by atoms with E-state index in [1.165, 1.54) is 23.2 Å². The lowest BCUT2D eigenvalue weighted by Crippen LogP contribution is -2.55. The molecule has 3 aliphatic heterocycles. The van der Waals surface area contributed by atoms with Gasteiger partial charge in [-0.2, -0.15) is 9.67 Å². The summed E-state index contributed by atoms with van der Waals surface area (Å²) >= 11 is 0. The number of anilines is 3. The largest absolute Gasteiger partial charge is 0.477 e. The Balaban J connectivity index is 1.25. The first-order chi connectivity index (χ1) is 17.1. The Hall–Kier alpha value is -3.41. The standard InChI is InChI=1S/C24H29F2N9O/c1-23(2)11-13(8-14-6-5-7-34(14)23)28-20-16(26)12-27-22(30-20)29-17-10-18-19(9-15(17)25)36-24(3,4)21-31-32-33-35(18)21/h9-10,12-14H,5-8,11H2,1-4H3,(H2,27,28,29,30)/t13-,14+/m1/s1. The van der Waals surface area contributed by atoms with Crippen molar-refractivity contribution >= 4 is 17.5 Å². The van der Waals surface area contributed by atoms with Crippen molar-refractivity contribution in [3.63, 3.8) is 0 Å². The molecule has 1 aromatic carbocycles. The van der Waals surface area contributed by atoms with E-state index in [2.05, 4.69) is 54.9 Å². The highest BCUT2D eigenvalue weighted by Gasteiger charge is 2.43. The van der Waals surface area contributed by atoms with Gasteiger partial charge in [0.15, 0.2) is 28.9 Å². The number of rotatable bonds is 4. The number of nitrogens with zero attached hydrogens (tertiary/aromatic N) is 7. The molecule has 3 aromatic rings. The van der Waals surface area contributed by atoms with E-state index < -0.39 is 17.2 Å². The smallest absolute Gasteiger partial charge is 0.229 e. The zero-order valence-corrected chi connectivity index (χ0v) is 20.7. The van der Waals surface area contributed by atoms with Gasteiger partial charge in [0.25, 0.3) is 0 Å². The molecule has 0 radical (unpaired) electrons. The molecule has 2 atom stereocenters. The molecule has 3 aliphatic rings. The summed E-state index contributed by atoms with van der Waals surface area (Å²) in [5, 5.41) is 18.0. The summed E-state index contributed by atoms with van der Waals surface area (Å²) < 4.78 is 37.2. The lowest BCUT2D eigenvalue weighted by molar-refractivity contribution is 0.0500. The average Bonchev–Trinajstić information content (AvgIpc) is 3.47. The SMILES string of the molecule is CC1(C)Oc2cc(F)c(Nc3ncc(F)c(N[C@@H]4C[C@@H]5CCCN5C(C)(C)C4)n3)cc2-n2nnnc21. The zero-order chi connectivity index (χ0) is 25.2. The number of halogens is 2. The third-order valence-corrected chi connectivity index (χ3v) is 7.44. The molecule has 0 aliphatic carbocycles. The number of aromatic nitrogens is 6. The van der Waals surface area contributed by atoms with Crippen LogP contribution in [-0.4, -0.2) is 59.2 Å². The van der Waals surface area contributed by atoms with E-state index in [9.17, 15) is 4.39 Å². The summed E-state index contributed by atoms with van der Waals surface area (Å²) in [7, 11) is 0. The monoisotopic (exact) mass is 497 g/mol. The Morgan fingerprint density at radius 2 is 1.97 bits per heavy atom. The highest BCUT2D eigenvalue weighted by atomic mass is 19.1. The third kappa shape index (κ3) is 3.83. The molecule has 0 saturated carbocycles. The normalized spacial score (nSPS) is 23.8. The minimum Gasteiger partial charge on any atom is -0.477 e. The van der Waals surface area contributed by atoms with Gasteiger partial charge in [-0.25, -0.2) is 13.8 Å². The van der Waals surface area contributed by atoms with Gasteiger partial charge in [-0.1, -0.05) is 0 Å². The molecule has 0 unspecified atom stereocenters. The van der Waals surface area contributed by atoms with Gasteiger partial charge in [-0.3, -0.25) is 4.90 Å². The van der Waals surface area contributed by atoms with Gasteiger partial charge in [0.2, 0.25) is 5.95 Å². The minimum atomic E-state index is -0.818. The van der Waals surface area contributed by atoms with Crippen LogP contribution in [0.2, 0.25) is 0 Å². The van der Waals surface area contributed by atoms with E-state index >= 15 is 4.39 Å². The molecule has 36 heavy (non-hydrogen) atoms. The van der Waals surface area contributed by atoms with Crippen LogP contribution in [0.4, 0.5) is 26.2 Å². The van der Waals surface area contributed by atoms with Gasteiger partial charge in [-0.05, 0) is 76.4 Å². The maximum absolute atomic E-state index is 15.0. The van der Waals surface area contributed by atoms with Crippen LogP contribution in [0, 0.1) is 11.6 Å². The third-order valence-electron chi connectivity index (χ3n) is 7.44. The van der Waals surface area contributed by atoms with Gasteiger partial charge in [0.05, 0.1) is 11.9 Å². The predicted molar refractivity (Wildman–Crippen MR) is 128 cm³/mol. The number of ether oxygens (including phenoxy) is 1. The van der Waals surface area contributed by atoms with Gasteiger partial charge in [0, 0.05) is 23.7 Å². The molecule has 2 aromatic heterocycles. The molecule has 2 saturated heterocycles. The minimum absolute atomic E-state index is 0.0274. The van der Waals surface area contributed by atoms with Crippen molar-refractivity contribution in [2.75, 3.05) is 17.2 Å². The van der Waals surface area contributed by atoms with Crippen LogP contribution >= 0.6 is 0 Å². The first kappa shape index (κ1) is 23.0. The van der Waals surface area contributed by atoms with E-state index in [0.717, 1.165) is 32.0 Å². The van der Waals surface area contributed by atoms with Crippen molar-refractivity contribution in [1.82, 2.24) is 35.1 Å². The Kier molecular flexibility index (Phi) is 5.15. The summed E-state index contributed by atoms with van der Waals surface area (Å²) in [6.07, 6.45) is 5.24. The Morgan fingerprint density at radius 1 is 1.14 bits per heavy atom. The second-order valence-corrected chi connectivity index (χ2v) is 10.9. The summed E-state index contributed by atoms with van der Waals surface area (Å²) in [4.78, 5) is 10.9. The molecule has 0 spiro atoms. The molecule has 12 heteroatoms. The van der Waals surface area contributed by atoms with Crippen LogP contribution in [0.15, 0.2) is 18.3 Å². The van der Waals surface area contributed by atoms with E-state index in [4.69, 9.17) is 4.74 Å². The summed E-state index contributed by atoms with van der Waals surface area (Å²) in [5.74, 6) is -0.138. The fourth-order valence-corrected chi connectivity index (χ4v) is 5.89. The maximum atomic E-state index is 15.0. The van der Waals surface area contributed by atoms with Crippen LogP contribution in [0.3, 0.4) is 0 Å². The average molecular weight is 498 g/mol. The number of hydrogen-bond acceptors (Lipinski definition) is 9. The lowest BCUT2D eigenvalue weighted by atomic mass is 9.84. The maximum Gasteiger partial charge on any atom is 0.229 e. The van der Waals surface area contributed by atoms with Crippen molar-refractivity contribution in [2.45, 2.75) is 76.6 Å². The van der Waals surface area contributed by atoms with Gasteiger partial charge < -0.3 is 15.4 Å². The molecule has 5 heterocycles. The first-order valence-electron chi connectivity index (χ1n) is 12.3. The number of piperidine rings is 1. The molecule has 6 rings (SSSR count). The Bertz CT molecular complexity index is 1320. The first-order valence-corrected chi connectivity index (χ1v) is 12.3. The van der Waals surface area contributed by atoms with Crippen LogP contribution in [-0.2, 0) is 5.60 Å².